The molecule has 0 unspecified atom stereocenters. The van der Waals surface area contributed by atoms with Gasteiger partial charge >= 0.3 is 12.1 Å². The predicted octanol–water partition coefficient (Wildman–Crippen LogP) is 6.03. The summed E-state index contributed by atoms with van der Waals surface area (Å²) in [5, 5.41) is 7.81. The maximum absolute atomic E-state index is 13.0. The molecule has 0 bridgehead atoms. The third kappa shape index (κ3) is 7.42. The van der Waals surface area contributed by atoms with Gasteiger partial charge in [0.15, 0.2) is 5.69 Å². The molecule has 0 aliphatic rings. The fourth-order valence-electron chi connectivity index (χ4n) is 6.49. The topological polar surface area (TPSA) is 164 Å². The number of primary amides is 1. The molecule has 13 nitrogen and oxygen atoms in total. The molecule has 6 rings (SSSR count). The Bertz CT molecular complexity index is 2220. The van der Waals surface area contributed by atoms with Gasteiger partial charge in [-0.1, -0.05) is 91.0 Å². The Morgan fingerprint density at radius 3 is 1.87 bits per heavy atom. The van der Waals surface area contributed by atoms with E-state index in [1.807, 2.05) is 102 Å². The lowest BCUT2D eigenvalue weighted by molar-refractivity contribution is -0.146. The van der Waals surface area contributed by atoms with Gasteiger partial charge in [-0.15, -0.1) is 0 Å². The van der Waals surface area contributed by atoms with E-state index in [2.05, 4.69) is 5.32 Å². The van der Waals surface area contributed by atoms with Crippen LogP contribution >= 0.6 is 0 Å². The summed E-state index contributed by atoms with van der Waals surface area (Å²) < 4.78 is 13.8. The van der Waals surface area contributed by atoms with Gasteiger partial charge in [0.25, 0.3) is 5.91 Å². The molecular formula is C41H41N7O6. The number of carbonyl (C=O) groups is 4. The third-order valence-corrected chi connectivity index (χ3v) is 8.77. The molecular weight excluding hydrogens is 686 g/mol. The lowest BCUT2D eigenvalue weighted by Gasteiger charge is -2.38. The second kappa shape index (κ2) is 15.1. The number of carbonyl (C=O) groups excluding carboxylic acids is 4. The number of benzene rings is 4. The Kier molecular flexibility index (Phi) is 10.3. The van der Waals surface area contributed by atoms with Crippen molar-refractivity contribution in [3.8, 4) is 5.95 Å². The number of anilines is 1. The second-order valence-electron chi connectivity index (χ2n) is 13.6. The molecule has 0 aliphatic heterocycles. The molecule has 3 amide bonds. The minimum Gasteiger partial charge on any atom is -0.468 e. The zero-order valence-corrected chi connectivity index (χ0v) is 30.6. The standard InChI is InChI=1S/C41H41N7O6/c1-27(49)46(26-35(50)53-5)24-32-25-47(41(28-15-9-6-10-16-28,29-17-11-7-12-18-29)30-19-13-8-14-20-30)38(43-32)48-34-22-21-31(44-39(52)54-40(2,3)4)23-33(34)36(45-48)37(42)51/h6-23,25H,24,26H2,1-5H3,(H2,42,51)(H,44,52). The molecule has 2 aromatic heterocycles. The van der Waals surface area contributed by atoms with E-state index in [0.717, 1.165) is 16.7 Å². The number of rotatable bonds is 11. The number of hydrogen-bond donors (Lipinski definition) is 2. The summed E-state index contributed by atoms with van der Waals surface area (Å²) in [5.41, 5.74) is 7.89. The van der Waals surface area contributed by atoms with Crippen LogP contribution in [0.1, 0.15) is 60.6 Å². The maximum atomic E-state index is 13.0. The van der Waals surface area contributed by atoms with E-state index in [9.17, 15) is 19.2 Å². The van der Waals surface area contributed by atoms with Gasteiger partial charge in [0.05, 0.1) is 24.9 Å². The number of fused-ring (bicyclic) bond motifs is 1. The van der Waals surface area contributed by atoms with Crippen LogP contribution < -0.4 is 11.1 Å². The molecule has 54 heavy (non-hydrogen) atoms. The van der Waals surface area contributed by atoms with E-state index in [1.165, 1.54) is 23.6 Å². The second-order valence-corrected chi connectivity index (χ2v) is 13.6. The molecule has 0 fully saturated rings. The average molecular weight is 728 g/mol. The SMILES string of the molecule is COC(=O)CN(Cc1cn(C(c2ccccc2)(c2ccccc2)c2ccccc2)c(-n2nc(C(N)=O)c3cc(NC(=O)OC(C)(C)C)ccc32)n1)C(C)=O. The highest BCUT2D eigenvalue weighted by Crippen LogP contribution is 2.43. The number of hydrogen-bond acceptors (Lipinski definition) is 8. The smallest absolute Gasteiger partial charge is 0.412 e. The molecule has 4 aromatic carbocycles. The van der Waals surface area contributed by atoms with Crippen LogP contribution in [-0.4, -0.2) is 67.4 Å². The van der Waals surface area contributed by atoms with E-state index >= 15 is 0 Å². The van der Waals surface area contributed by atoms with Crippen molar-refractivity contribution in [2.75, 3.05) is 19.0 Å². The summed E-state index contributed by atoms with van der Waals surface area (Å²) >= 11 is 0. The molecule has 0 spiro atoms. The van der Waals surface area contributed by atoms with Gasteiger partial charge in [-0.2, -0.15) is 9.78 Å². The average Bonchev–Trinajstić information content (AvgIpc) is 3.73. The lowest BCUT2D eigenvalue weighted by Crippen LogP contribution is -2.39. The molecule has 0 saturated carbocycles. The zero-order chi connectivity index (χ0) is 38.6. The van der Waals surface area contributed by atoms with Crippen LogP contribution in [0.15, 0.2) is 115 Å². The zero-order valence-electron chi connectivity index (χ0n) is 30.6. The number of methoxy groups -OCH3 is 1. The quantitative estimate of drug-likeness (QED) is 0.121. The Labute approximate surface area is 312 Å². The first kappa shape index (κ1) is 37.0. The summed E-state index contributed by atoms with van der Waals surface area (Å²) in [7, 11) is 1.26. The van der Waals surface area contributed by atoms with Crippen LogP contribution in [-0.2, 0) is 31.1 Å². The number of imidazole rings is 1. The monoisotopic (exact) mass is 727 g/mol. The largest absolute Gasteiger partial charge is 0.468 e. The van der Waals surface area contributed by atoms with E-state index in [1.54, 1.807) is 39.0 Å². The summed E-state index contributed by atoms with van der Waals surface area (Å²) in [5.74, 6) is -1.47. The first-order valence-electron chi connectivity index (χ1n) is 17.2. The van der Waals surface area contributed by atoms with Crippen molar-refractivity contribution in [1.29, 1.82) is 0 Å². The highest BCUT2D eigenvalue weighted by molar-refractivity contribution is 6.05. The minimum atomic E-state index is -1.10. The number of ether oxygens (including phenoxy) is 2. The Balaban J connectivity index is 1.66. The van der Waals surface area contributed by atoms with Gasteiger partial charge in [-0.3, -0.25) is 24.3 Å². The van der Waals surface area contributed by atoms with Gasteiger partial charge in [-0.05, 0) is 55.7 Å². The molecule has 6 aromatic rings. The third-order valence-electron chi connectivity index (χ3n) is 8.77. The van der Waals surface area contributed by atoms with Gasteiger partial charge in [-0.25, -0.2) is 9.78 Å². The molecule has 0 atom stereocenters. The number of nitrogens with one attached hydrogen (secondary N) is 1. The van der Waals surface area contributed by atoms with Crippen LogP contribution in [0, 0.1) is 0 Å². The minimum absolute atomic E-state index is 0.0509. The normalized spacial score (nSPS) is 11.6. The lowest BCUT2D eigenvalue weighted by atomic mass is 9.76. The van der Waals surface area contributed by atoms with Gasteiger partial charge in [0.2, 0.25) is 11.9 Å². The highest BCUT2D eigenvalue weighted by Gasteiger charge is 2.41. The fraction of sp³-hybridized carbons (Fsp3) is 0.220. The van der Waals surface area contributed by atoms with Crippen LogP contribution in [0.2, 0.25) is 0 Å². The molecule has 2 heterocycles. The number of esters is 1. The molecule has 0 saturated heterocycles. The number of nitrogens with two attached hydrogens (primary N) is 1. The van der Waals surface area contributed by atoms with Gasteiger partial charge in [0, 0.05) is 24.2 Å². The van der Waals surface area contributed by atoms with E-state index in [0.29, 0.717) is 22.3 Å². The van der Waals surface area contributed by atoms with Crippen LogP contribution in [0.3, 0.4) is 0 Å². The Hall–Kier alpha value is -6.76. The van der Waals surface area contributed by atoms with Crippen molar-refractivity contribution in [3.05, 3.63) is 143 Å². The summed E-state index contributed by atoms with van der Waals surface area (Å²) in [4.78, 5) is 57.3. The van der Waals surface area contributed by atoms with Crippen LogP contribution in [0.5, 0.6) is 0 Å². The molecule has 3 N–H and O–H groups in total. The summed E-state index contributed by atoms with van der Waals surface area (Å²) in [6, 6.07) is 34.6. The van der Waals surface area contributed by atoms with Crippen LogP contribution in [0.25, 0.3) is 16.9 Å². The van der Waals surface area contributed by atoms with Crippen molar-refractivity contribution in [2.24, 2.45) is 5.73 Å². The van der Waals surface area contributed by atoms with Crippen molar-refractivity contribution in [2.45, 2.75) is 45.4 Å². The van der Waals surface area contributed by atoms with Gasteiger partial charge < -0.3 is 20.1 Å². The van der Waals surface area contributed by atoms with E-state index in [4.69, 9.17) is 25.3 Å². The van der Waals surface area contributed by atoms with E-state index in [-0.39, 0.29) is 30.6 Å². The summed E-state index contributed by atoms with van der Waals surface area (Å²) in [6.07, 6.45) is 1.15. The van der Waals surface area contributed by atoms with Crippen molar-refractivity contribution in [1.82, 2.24) is 24.2 Å². The van der Waals surface area contributed by atoms with Gasteiger partial charge in [0.1, 0.15) is 17.7 Å². The molecule has 276 valence electrons. The fourth-order valence-corrected chi connectivity index (χ4v) is 6.49. The number of aromatic nitrogens is 4. The van der Waals surface area contributed by atoms with Crippen molar-refractivity contribution >= 4 is 40.5 Å². The molecule has 0 aliphatic carbocycles. The first-order valence-corrected chi connectivity index (χ1v) is 17.2. The van der Waals surface area contributed by atoms with Crippen LogP contribution in [0.4, 0.5) is 10.5 Å². The van der Waals surface area contributed by atoms with Crippen molar-refractivity contribution < 1.29 is 28.7 Å². The first-order chi connectivity index (χ1) is 25.8. The van der Waals surface area contributed by atoms with Crippen molar-refractivity contribution in [3.63, 3.8) is 0 Å². The Morgan fingerprint density at radius 1 is 0.833 bits per heavy atom. The highest BCUT2D eigenvalue weighted by atomic mass is 16.6. The maximum Gasteiger partial charge on any atom is 0.412 e. The molecule has 0 radical (unpaired) electrons. The van der Waals surface area contributed by atoms with E-state index < -0.39 is 29.1 Å². The number of nitrogens with zero attached hydrogens (tertiary/aromatic N) is 5. The number of amides is 3. The molecule has 13 heteroatoms. The Morgan fingerprint density at radius 2 is 1.39 bits per heavy atom. The predicted molar refractivity (Wildman–Crippen MR) is 203 cm³/mol. The summed E-state index contributed by atoms with van der Waals surface area (Å²) in [6.45, 7) is 6.29.